The van der Waals surface area contributed by atoms with E-state index in [1.807, 2.05) is 6.92 Å². The van der Waals surface area contributed by atoms with Gasteiger partial charge in [-0.1, -0.05) is 19.3 Å². The number of aryl methyl sites for hydroxylation is 1. The summed E-state index contributed by atoms with van der Waals surface area (Å²) in [5.74, 6) is -0.388. The van der Waals surface area contributed by atoms with Crippen LogP contribution in [0.25, 0.3) is 0 Å². The molecule has 0 spiro atoms. The number of carboxylic acids is 1. The van der Waals surface area contributed by atoms with Crippen molar-refractivity contribution in [1.29, 1.82) is 0 Å². The van der Waals surface area contributed by atoms with E-state index >= 15 is 0 Å². The Bertz CT molecular complexity index is 367. The second-order valence-corrected chi connectivity index (χ2v) is 5.33. The maximum absolute atomic E-state index is 10.9. The monoisotopic (exact) mass is 225 g/mol. The van der Waals surface area contributed by atoms with E-state index < -0.39 is 5.97 Å². The zero-order valence-corrected chi connectivity index (χ0v) is 9.64. The summed E-state index contributed by atoms with van der Waals surface area (Å²) in [6.07, 6.45) is 6.17. The van der Waals surface area contributed by atoms with Gasteiger partial charge in [0.15, 0.2) is 5.69 Å². The SMILES string of the molecule is Cc1sc(C2CCCCC2)nc1C(=O)O. The van der Waals surface area contributed by atoms with Crippen LogP contribution in [-0.4, -0.2) is 16.1 Å². The molecule has 0 radical (unpaired) electrons. The molecule has 0 unspecified atom stereocenters. The van der Waals surface area contributed by atoms with Crippen LogP contribution in [0, 0.1) is 6.92 Å². The summed E-state index contributed by atoms with van der Waals surface area (Å²) in [6, 6.07) is 0. The van der Waals surface area contributed by atoms with Gasteiger partial charge in [0, 0.05) is 10.8 Å². The van der Waals surface area contributed by atoms with Crippen LogP contribution in [-0.2, 0) is 0 Å². The normalized spacial score (nSPS) is 17.9. The third-order valence-corrected chi connectivity index (χ3v) is 4.10. The summed E-state index contributed by atoms with van der Waals surface area (Å²) in [5, 5.41) is 9.95. The summed E-state index contributed by atoms with van der Waals surface area (Å²) in [7, 11) is 0. The largest absolute Gasteiger partial charge is 0.476 e. The van der Waals surface area contributed by atoms with Crippen molar-refractivity contribution >= 4 is 17.3 Å². The van der Waals surface area contributed by atoms with Crippen LogP contribution in [0.15, 0.2) is 0 Å². The highest BCUT2D eigenvalue weighted by molar-refractivity contribution is 7.11. The predicted molar refractivity (Wildman–Crippen MR) is 59.6 cm³/mol. The van der Waals surface area contributed by atoms with E-state index in [0.29, 0.717) is 5.92 Å². The van der Waals surface area contributed by atoms with Crippen molar-refractivity contribution in [3.05, 3.63) is 15.6 Å². The molecule has 1 aromatic heterocycles. The first-order valence-corrected chi connectivity index (χ1v) is 6.20. The van der Waals surface area contributed by atoms with E-state index in [1.54, 1.807) is 11.3 Å². The zero-order chi connectivity index (χ0) is 10.8. The summed E-state index contributed by atoms with van der Waals surface area (Å²) in [4.78, 5) is 16.0. The lowest BCUT2D eigenvalue weighted by Gasteiger charge is -2.18. The molecular formula is C11H15NO2S. The van der Waals surface area contributed by atoms with Crippen molar-refractivity contribution in [3.8, 4) is 0 Å². The first kappa shape index (κ1) is 10.6. The molecule has 1 aromatic rings. The number of carboxylic acid groups (broad SMARTS) is 1. The Balaban J connectivity index is 2.21. The van der Waals surface area contributed by atoms with Gasteiger partial charge in [-0.15, -0.1) is 11.3 Å². The fraction of sp³-hybridized carbons (Fsp3) is 0.636. The summed E-state index contributed by atoms with van der Waals surface area (Å²) >= 11 is 1.56. The van der Waals surface area contributed by atoms with Gasteiger partial charge >= 0.3 is 5.97 Å². The highest BCUT2D eigenvalue weighted by atomic mass is 32.1. The van der Waals surface area contributed by atoms with Gasteiger partial charge < -0.3 is 5.11 Å². The van der Waals surface area contributed by atoms with E-state index in [0.717, 1.165) is 9.88 Å². The van der Waals surface area contributed by atoms with Crippen LogP contribution in [0.2, 0.25) is 0 Å². The summed E-state index contributed by atoms with van der Waals surface area (Å²) in [5.41, 5.74) is 0.251. The fourth-order valence-corrected chi connectivity index (χ4v) is 3.22. The molecule has 2 rings (SSSR count). The number of carbonyl (C=O) groups is 1. The number of aromatic nitrogens is 1. The van der Waals surface area contributed by atoms with Crippen molar-refractivity contribution in [2.75, 3.05) is 0 Å². The Labute approximate surface area is 93.2 Å². The van der Waals surface area contributed by atoms with Crippen LogP contribution < -0.4 is 0 Å². The van der Waals surface area contributed by atoms with Crippen molar-refractivity contribution in [3.63, 3.8) is 0 Å². The first-order chi connectivity index (χ1) is 7.18. The molecule has 0 amide bonds. The zero-order valence-electron chi connectivity index (χ0n) is 8.82. The molecule has 15 heavy (non-hydrogen) atoms. The van der Waals surface area contributed by atoms with Crippen LogP contribution in [0.1, 0.15) is 58.4 Å². The topological polar surface area (TPSA) is 50.2 Å². The number of hydrogen-bond donors (Lipinski definition) is 1. The molecule has 0 bridgehead atoms. The minimum absolute atomic E-state index is 0.251. The molecular weight excluding hydrogens is 210 g/mol. The Morgan fingerprint density at radius 3 is 2.60 bits per heavy atom. The quantitative estimate of drug-likeness (QED) is 0.840. The summed E-state index contributed by atoms with van der Waals surface area (Å²) < 4.78 is 0. The minimum Gasteiger partial charge on any atom is -0.476 e. The molecule has 1 heterocycles. The summed E-state index contributed by atoms with van der Waals surface area (Å²) in [6.45, 7) is 1.84. The molecule has 1 saturated carbocycles. The fourth-order valence-electron chi connectivity index (χ4n) is 2.14. The maximum atomic E-state index is 10.9. The Morgan fingerprint density at radius 2 is 2.07 bits per heavy atom. The molecule has 1 aliphatic carbocycles. The van der Waals surface area contributed by atoms with Gasteiger partial charge in [0.25, 0.3) is 0 Å². The van der Waals surface area contributed by atoms with Gasteiger partial charge in [-0.2, -0.15) is 0 Å². The lowest BCUT2D eigenvalue weighted by atomic mass is 9.90. The van der Waals surface area contributed by atoms with Gasteiger partial charge in [-0.3, -0.25) is 0 Å². The van der Waals surface area contributed by atoms with E-state index in [1.165, 1.54) is 32.1 Å². The van der Waals surface area contributed by atoms with Crippen molar-refractivity contribution in [2.45, 2.75) is 44.9 Å². The van der Waals surface area contributed by atoms with Gasteiger partial charge in [0.05, 0.1) is 5.01 Å². The highest BCUT2D eigenvalue weighted by Crippen LogP contribution is 2.35. The molecule has 82 valence electrons. The van der Waals surface area contributed by atoms with Crippen LogP contribution in [0.5, 0.6) is 0 Å². The van der Waals surface area contributed by atoms with Gasteiger partial charge in [0.2, 0.25) is 0 Å². The molecule has 1 fully saturated rings. The van der Waals surface area contributed by atoms with Gasteiger partial charge in [-0.25, -0.2) is 9.78 Å². The minimum atomic E-state index is -0.897. The predicted octanol–water partition coefficient (Wildman–Crippen LogP) is 3.20. The molecule has 0 aliphatic heterocycles. The Kier molecular flexibility index (Phi) is 3.05. The Hall–Kier alpha value is -0.900. The lowest BCUT2D eigenvalue weighted by molar-refractivity contribution is 0.0690. The maximum Gasteiger partial charge on any atom is 0.355 e. The van der Waals surface area contributed by atoms with Crippen LogP contribution >= 0.6 is 11.3 Å². The second kappa shape index (κ2) is 4.31. The van der Waals surface area contributed by atoms with Gasteiger partial charge in [0.1, 0.15) is 0 Å². The standard InChI is InChI=1S/C11H15NO2S/c1-7-9(11(13)14)12-10(15-7)8-5-3-2-4-6-8/h8H,2-6H2,1H3,(H,13,14). The number of rotatable bonds is 2. The van der Waals surface area contributed by atoms with E-state index in [4.69, 9.17) is 5.11 Å². The molecule has 0 aromatic carbocycles. The molecule has 1 aliphatic rings. The van der Waals surface area contributed by atoms with Crippen LogP contribution in [0.3, 0.4) is 0 Å². The lowest BCUT2D eigenvalue weighted by Crippen LogP contribution is -2.05. The van der Waals surface area contributed by atoms with Crippen LogP contribution in [0.4, 0.5) is 0 Å². The first-order valence-electron chi connectivity index (χ1n) is 5.39. The number of aromatic carboxylic acids is 1. The highest BCUT2D eigenvalue weighted by Gasteiger charge is 2.22. The molecule has 0 atom stereocenters. The van der Waals surface area contributed by atoms with Crippen molar-refractivity contribution < 1.29 is 9.90 Å². The number of hydrogen-bond acceptors (Lipinski definition) is 3. The molecule has 0 saturated heterocycles. The smallest absolute Gasteiger partial charge is 0.355 e. The van der Waals surface area contributed by atoms with Crippen molar-refractivity contribution in [2.24, 2.45) is 0 Å². The second-order valence-electron chi connectivity index (χ2n) is 4.10. The van der Waals surface area contributed by atoms with Crippen molar-refractivity contribution in [1.82, 2.24) is 4.98 Å². The third-order valence-electron chi connectivity index (χ3n) is 2.97. The third kappa shape index (κ3) is 2.20. The van der Waals surface area contributed by atoms with E-state index in [-0.39, 0.29) is 5.69 Å². The molecule has 1 N–H and O–H groups in total. The number of nitrogens with zero attached hydrogens (tertiary/aromatic N) is 1. The molecule has 3 nitrogen and oxygen atoms in total. The number of thiazole rings is 1. The van der Waals surface area contributed by atoms with E-state index in [2.05, 4.69) is 4.98 Å². The van der Waals surface area contributed by atoms with Gasteiger partial charge in [-0.05, 0) is 19.8 Å². The van der Waals surface area contributed by atoms with E-state index in [9.17, 15) is 4.79 Å². The average Bonchev–Trinajstić information content (AvgIpc) is 2.62. The average molecular weight is 225 g/mol. The molecule has 4 heteroatoms. The Morgan fingerprint density at radius 1 is 1.40 bits per heavy atom.